The SMILES string of the molecule is CN1CCN(S(=O)(=O)c2ccc(NC(=O)[C@@H]3CCCN(S(=O)(=O)c4cc(Cl)ccc4Cl)C3)cc2)CC1. The summed E-state index contributed by atoms with van der Waals surface area (Å²) in [5.41, 5.74) is 0.440. The maximum Gasteiger partial charge on any atom is 0.244 e. The molecule has 36 heavy (non-hydrogen) atoms. The van der Waals surface area contributed by atoms with Crippen LogP contribution in [-0.4, -0.2) is 82.6 Å². The molecular weight excluding hydrogens is 547 g/mol. The van der Waals surface area contributed by atoms with Crippen molar-refractivity contribution < 1.29 is 21.6 Å². The molecule has 2 aromatic carbocycles. The number of nitrogens with one attached hydrogen (secondary N) is 1. The molecule has 1 N–H and O–H groups in total. The largest absolute Gasteiger partial charge is 0.326 e. The van der Waals surface area contributed by atoms with Gasteiger partial charge < -0.3 is 10.2 Å². The minimum absolute atomic E-state index is 0.00682. The van der Waals surface area contributed by atoms with Crippen LogP contribution in [0.2, 0.25) is 10.0 Å². The zero-order chi connectivity index (χ0) is 26.1. The van der Waals surface area contributed by atoms with E-state index in [1.54, 1.807) is 12.1 Å². The second-order valence-electron chi connectivity index (χ2n) is 9.00. The van der Waals surface area contributed by atoms with Gasteiger partial charge in [0, 0.05) is 50.0 Å². The number of carbonyl (C=O) groups excluding carboxylic acids is 1. The van der Waals surface area contributed by atoms with Crippen LogP contribution >= 0.6 is 23.2 Å². The topological polar surface area (TPSA) is 107 Å². The first-order valence-electron chi connectivity index (χ1n) is 11.5. The van der Waals surface area contributed by atoms with Crippen LogP contribution in [0, 0.1) is 5.92 Å². The van der Waals surface area contributed by atoms with Gasteiger partial charge in [0.05, 0.1) is 15.8 Å². The number of benzene rings is 2. The van der Waals surface area contributed by atoms with E-state index in [0.29, 0.717) is 44.7 Å². The van der Waals surface area contributed by atoms with Crippen molar-refractivity contribution in [1.82, 2.24) is 13.5 Å². The van der Waals surface area contributed by atoms with E-state index in [2.05, 4.69) is 10.2 Å². The van der Waals surface area contributed by atoms with Crippen molar-refractivity contribution in [2.24, 2.45) is 5.92 Å². The van der Waals surface area contributed by atoms with Crippen molar-refractivity contribution in [3.8, 4) is 0 Å². The zero-order valence-corrected chi connectivity index (χ0v) is 22.9. The molecule has 2 aliphatic heterocycles. The first-order chi connectivity index (χ1) is 17.0. The van der Waals surface area contributed by atoms with Gasteiger partial charge in [0.15, 0.2) is 0 Å². The van der Waals surface area contributed by atoms with Crippen LogP contribution in [0.25, 0.3) is 0 Å². The molecule has 2 heterocycles. The highest BCUT2D eigenvalue weighted by atomic mass is 35.5. The Morgan fingerprint density at radius 2 is 1.56 bits per heavy atom. The number of halogens is 2. The van der Waals surface area contributed by atoms with E-state index < -0.39 is 26.0 Å². The number of anilines is 1. The van der Waals surface area contributed by atoms with Crippen molar-refractivity contribution in [2.45, 2.75) is 22.6 Å². The second-order valence-corrected chi connectivity index (χ2v) is 13.7. The van der Waals surface area contributed by atoms with Crippen molar-refractivity contribution in [3.05, 3.63) is 52.5 Å². The molecule has 0 radical (unpaired) electrons. The molecule has 2 saturated heterocycles. The predicted molar refractivity (Wildman–Crippen MR) is 139 cm³/mol. The summed E-state index contributed by atoms with van der Waals surface area (Å²) in [5, 5.41) is 3.10. The van der Waals surface area contributed by atoms with Gasteiger partial charge in [-0.2, -0.15) is 8.61 Å². The molecule has 4 rings (SSSR count). The molecule has 2 aliphatic rings. The minimum Gasteiger partial charge on any atom is -0.326 e. The number of carbonyl (C=O) groups is 1. The molecule has 0 unspecified atom stereocenters. The lowest BCUT2D eigenvalue weighted by Gasteiger charge is -2.31. The van der Waals surface area contributed by atoms with Gasteiger partial charge in [0.25, 0.3) is 0 Å². The normalized spacial score (nSPS) is 20.8. The fraction of sp³-hybridized carbons (Fsp3) is 0.435. The minimum atomic E-state index is -3.93. The van der Waals surface area contributed by atoms with Crippen molar-refractivity contribution in [3.63, 3.8) is 0 Å². The van der Waals surface area contributed by atoms with Crippen LogP contribution in [0.3, 0.4) is 0 Å². The van der Waals surface area contributed by atoms with Crippen LogP contribution in [0.1, 0.15) is 12.8 Å². The number of sulfonamides is 2. The van der Waals surface area contributed by atoms with Crippen LogP contribution in [-0.2, 0) is 24.8 Å². The number of piperidine rings is 1. The number of nitrogens with zero attached hydrogens (tertiary/aromatic N) is 3. The second kappa shape index (κ2) is 10.9. The van der Waals surface area contributed by atoms with E-state index >= 15 is 0 Å². The van der Waals surface area contributed by atoms with Crippen molar-refractivity contribution in [2.75, 3.05) is 51.6 Å². The first kappa shape index (κ1) is 27.3. The lowest BCUT2D eigenvalue weighted by Crippen LogP contribution is -2.47. The molecule has 0 saturated carbocycles. The van der Waals surface area contributed by atoms with Gasteiger partial charge in [-0.15, -0.1) is 0 Å². The van der Waals surface area contributed by atoms with Gasteiger partial charge in [-0.25, -0.2) is 16.8 Å². The molecule has 196 valence electrons. The van der Waals surface area contributed by atoms with E-state index in [1.165, 1.54) is 38.9 Å². The summed E-state index contributed by atoms with van der Waals surface area (Å²) in [7, 11) is -5.58. The Morgan fingerprint density at radius 1 is 0.889 bits per heavy atom. The van der Waals surface area contributed by atoms with E-state index in [0.717, 1.165) is 0 Å². The van der Waals surface area contributed by atoms with Crippen molar-refractivity contribution in [1.29, 1.82) is 0 Å². The quantitative estimate of drug-likeness (QED) is 0.568. The molecule has 1 atom stereocenters. The summed E-state index contributed by atoms with van der Waals surface area (Å²) in [5.74, 6) is -0.901. The van der Waals surface area contributed by atoms with Crippen molar-refractivity contribution >= 4 is 54.8 Å². The number of hydrogen-bond acceptors (Lipinski definition) is 6. The highest BCUT2D eigenvalue weighted by Gasteiger charge is 2.34. The van der Waals surface area contributed by atoms with Gasteiger partial charge in [-0.1, -0.05) is 23.2 Å². The maximum atomic E-state index is 13.2. The Bertz CT molecular complexity index is 1330. The molecule has 0 aliphatic carbocycles. The monoisotopic (exact) mass is 574 g/mol. The number of rotatable bonds is 6. The average molecular weight is 576 g/mol. The summed E-state index contributed by atoms with van der Waals surface area (Å²) in [4.78, 5) is 15.1. The fourth-order valence-corrected chi connectivity index (χ4v) is 8.00. The molecule has 0 spiro atoms. The molecular formula is C23H28Cl2N4O5S2. The number of amides is 1. The number of piperazine rings is 1. The third kappa shape index (κ3) is 5.88. The predicted octanol–water partition coefficient (Wildman–Crippen LogP) is 2.97. The van der Waals surface area contributed by atoms with E-state index in [4.69, 9.17) is 23.2 Å². The highest BCUT2D eigenvalue weighted by molar-refractivity contribution is 7.89. The number of likely N-dealkylation sites (N-methyl/N-ethyl adjacent to an activating group) is 1. The molecule has 13 heteroatoms. The summed E-state index contributed by atoms with van der Waals surface area (Å²) >= 11 is 12.1. The maximum absolute atomic E-state index is 13.2. The lowest BCUT2D eigenvalue weighted by atomic mass is 9.99. The van der Waals surface area contributed by atoms with E-state index in [-0.39, 0.29) is 38.8 Å². The fourth-order valence-electron chi connectivity index (χ4n) is 4.32. The van der Waals surface area contributed by atoms with E-state index in [1.807, 2.05) is 7.05 Å². The molecule has 1 amide bonds. The van der Waals surface area contributed by atoms with Crippen LogP contribution < -0.4 is 5.32 Å². The summed E-state index contributed by atoms with van der Waals surface area (Å²) in [6.07, 6.45) is 1.04. The van der Waals surface area contributed by atoms with Gasteiger partial charge in [0.1, 0.15) is 4.90 Å². The standard InChI is InChI=1S/C23H28Cl2N4O5S2/c1-27-11-13-28(14-12-27)35(31,32)20-7-5-19(6-8-20)26-23(30)17-3-2-10-29(16-17)36(33,34)22-15-18(24)4-9-21(22)25/h4-9,15,17H,2-3,10-14,16H2,1H3,(H,26,30)/t17-/m1/s1. The summed E-state index contributed by atoms with van der Waals surface area (Å²) in [6, 6.07) is 10.3. The summed E-state index contributed by atoms with van der Waals surface area (Å²) in [6.45, 7) is 2.48. The number of hydrogen-bond donors (Lipinski definition) is 1. The Hall–Kier alpha value is -1.73. The van der Waals surface area contributed by atoms with Gasteiger partial charge in [-0.3, -0.25) is 4.79 Å². The molecule has 9 nitrogen and oxygen atoms in total. The first-order valence-corrected chi connectivity index (χ1v) is 15.2. The Morgan fingerprint density at radius 3 is 2.22 bits per heavy atom. The van der Waals surface area contributed by atoms with Gasteiger partial charge in [0.2, 0.25) is 26.0 Å². The third-order valence-corrected chi connectivity index (χ3v) is 11.0. The molecule has 2 aromatic rings. The van der Waals surface area contributed by atoms with Gasteiger partial charge >= 0.3 is 0 Å². The van der Waals surface area contributed by atoms with Crippen LogP contribution in [0.5, 0.6) is 0 Å². The molecule has 0 aromatic heterocycles. The van der Waals surface area contributed by atoms with E-state index in [9.17, 15) is 21.6 Å². The zero-order valence-electron chi connectivity index (χ0n) is 19.7. The molecule has 2 fully saturated rings. The average Bonchev–Trinajstić information content (AvgIpc) is 2.86. The summed E-state index contributed by atoms with van der Waals surface area (Å²) < 4.78 is 54.8. The Kier molecular flexibility index (Phi) is 8.30. The smallest absolute Gasteiger partial charge is 0.244 e. The lowest BCUT2D eigenvalue weighted by molar-refractivity contribution is -0.120. The van der Waals surface area contributed by atoms with Gasteiger partial charge in [-0.05, 0) is 62.4 Å². The molecule has 0 bridgehead atoms. The Labute approximate surface area is 222 Å². The third-order valence-electron chi connectivity index (χ3n) is 6.49. The Balaban J connectivity index is 1.42. The highest BCUT2D eigenvalue weighted by Crippen LogP contribution is 2.31. The van der Waals surface area contributed by atoms with Crippen LogP contribution in [0.15, 0.2) is 52.3 Å². The van der Waals surface area contributed by atoms with Crippen LogP contribution in [0.4, 0.5) is 5.69 Å².